The number of nitrogens with one attached hydrogen (secondary N) is 1. The lowest BCUT2D eigenvalue weighted by molar-refractivity contribution is -0.0585. The van der Waals surface area contributed by atoms with Crippen molar-refractivity contribution in [3.63, 3.8) is 0 Å². The van der Waals surface area contributed by atoms with Crippen LogP contribution in [-0.4, -0.2) is 27.8 Å². The molecule has 24 heavy (non-hydrogen) atoms. The average Bonchev–Trinajstić information content (AvgIpc) is 3.40. The number of aromatic amines is 1. The zero-order valence-corrected chi connectivity index (χ0v) is 12.4. The predicted octanol–water partition coefficient (Wildman–Crippen LogP) is 1.62. The van der Waals surface area contributed by atoms with Crippen LogP contribution in [0.4, 0.5) is 0 Å². The third-order valence-electron chi connectivity index (χ3n) is 4.10. The third kappa shape index (κ3) is 2.21. The number of imide groups is 1. The minimum Gasteiger partial charge on any atom is -0.325 e. The van der Waals surface area contributed by atoms with Crippen molar-refractivity contribution in [2.75, 3.05) is 0 Å². The maximum atomic E-state index is 12.2. The van der Waals surface area contributed by atoms with Crippen molar-refractivity contribution in [2.45, 2.75) is 18.8 Å². The lowest BCUT2D eigenvalue weighted by Crippen LogP contribution is -2.34. The molecule has 0 spiro atoms. The summed E-state index contributed by atoms with van der Waals surface area (Å²) in [6.45, 7) is 0. The second-order valence-electron chi connectivity index (χ2n) is 5.76. The van der Waals surface area contributed by atoms with E-state index >= 15 is 0 Å². The molecular formula is C17H12N2O5. The number of aromatic nitrogens is 1. The molecule has 4 rings (SSSR count). The maximum Gasteiger partial charge on any atom is 0.369 e. The van der Waals surface area contributed by atoms with Crippen LogP contribution >= 0.6 is 0 Å². The van der Waals surface area contributed by atoms with Crippen molar-refractivity contribution < 1.29 is 19.2 Å². The summed E-state index contributed by atoms with van der Waals surface area (Å²) in [5, 5.41) is 0.390. The average molecular weight is 324 g/mol. The number of benzene rings is 1. The van der Waals surface area contributed by atoms with E-state index in [1.54, 1.807) is 18.2 Å². The molecular weight excluding hydrogens is 312 g/mol. The van der Waals surface area contributed by atoms with Gasteiger partial charge in [-0.25, -0.2) is 4.79 Å². The molecule has 1 N–H and O–H groups in total. The Morgan fingerprint density at radius 1 is 1.00 bits per heavy atom. The van der Waals surface area contributed by atoms with Gasteiger partial charge in [-0.1, -0.05) is 17.2 Å². The summed E-state index contributed by atoms with van der Waals surface area (Å²) in [7, 11) is 0. The molecule has 120 valence electrons. The van der Waals surface area contributed by atoms with E-state index in [1.807, 2.05) is 0 Å². The molecule has 2 aromatic rings. The Labute approximate surface area is 135 Å². The first-order valence-corrected chi connectivity index (χ1v) is 7.49. The number of hydrogen-bond acceptors (Lipinski definition) is 5. The van der Waals surface area contributed by atoms with E-state index in [0.717, 1.165) is 18.5 Å². The van der Waals surface area contributed by atoms with Crippen LogP contribution in [0.3, 0.4) is 0 Å². The Morgan fingerprint density at radius 2 is 1.62 bits per heavy atom. The van der Waals surface area contributed by atoms with Crippen molar-refractivity contribution in [2.24, 2.45) is 0 Å². The smallest absolute Gasteiger partial charge is 0.325 e. The molecule has 1 aliphatic carbocycles. The molecule has 0 unspecified atom stereocenters. The van der Waals surface area contributed by atoms with E-state index in [1.165, 1.54) is 18.2 Å². The summed E-state index contributed by atoms with van der Waals surface area (Å²) in [5.41, 5.74) is 0.246. The van der Waals surface area contributed by atoms with Crippen molar-refractivity contribution in [1.82, 2.24) is 10.0 Å². The molecule has 0 radical (unpaired) electrons. The lowest BCUT2D eigenvalue weighted by Gasteiger charge is -2.12. The topological polar surface area (TPSA) is 96.5 Å². The number of fused-ring (bicyclic) bond motifs is 1. The van der Waals surface area contributed by atoms with Crippen molar-refractivity contribution in [1.29, 1.82) is 0 Å². The summed E-state index contributed by atoms with van der Waals surface area (Å²) in [4.78, 5) is 56.0. The quantitative estimate of drug-likeness (QED) is 0.865. The molecule has 0 saturated heterocycles. The minimum absolute atomic E-state index is 0.160. The largest absolute Gasteiger partial charge is 0.369 e. The Balaban J connectivity index is 1.58. The first kappa shape index (κ1) is 14.4. The summed E-state index contributed by atoms with van der Waals surface area (Å²) >= 11 is 0. The summed E-state index contributed by atoms with van der Waals surface area (Å²) < 4.78 is 0. The van der Waals surface area contributed by atoms with E-state index in [0.29, 0.717) is 11.0 Å². The van der Waals surface area contributed by atoms with Crippen LogP contribution in [0, 0.1) is 0 Å². The van der Waals surface area contributed by atoms with E-state index in [2.05, 4.69) is 4.98 Å². The van der Waals surface area contributed by atoms with Crippen LogP contribution in [0.5, 0.6) is 0 Å². The van der Waals surface area contributed by atoms with Crippen molar-refractivity contribution in [3.8, 4) is 0 Å². The fourth-order valence-electron chi connectivity index (χ4n) is 2.66. The van der Waals surface area contributed by atoms with Crippen LogP contribution in [0.2, 0.25) is 0 Å². The van der Waals surface area contributed by atoms with Gasteiger partial charge in [0.1, 0.15) is 5.56 Å². The number of hydroxylamine groups is 2. The zero-order chi connectivity index (χ0) is 16.8. The lowest BCUT2D eigenvalue weighted by atomic mass is 10.1. The molecule has 1 aliphatic heterocycles. The molecule has 2 heterocycles. The number of carbonyl (C=O) groups excluding carboxylic acids is 3. The number of nitrogens with zero attached hydrogens (tertiary/aromatic N) is 1. The van der Waals surface area contributed by atoms with Gasteiger partial charge in [0.2, 0.25) is 0 Å². The second kappa shape index (κ2) is 5.16. The normalized spacial score (nSPS) is 16.2. The van der Waals surface area contributed by atoms with E-state index in [9.17, 15) is 19.2 Å². The van der Waals surface area contributed by atoms with Crippen LogP contribution in [0.1, 0.15) is 55.5 Å². The number of H-pyrrole nitrogens is 1. The van der Waals surface area contributed by atoms with Crippen LogP contribution < -0.4 is 5.56 Å². The highest BCUT2D eigenvalue weighted by Gasteiger charge is 2.39. The zero-order valence-electron chi connectivity index (χ0n) is 12.4. The molecule has 0 atom stereocenters. The molecule has 2 amide bonds. The van der Waals surface area contributed by atoms with Gasteiger partial charge in [0, 0.05) is 5.69 Å². The van der Waals surface area contributed by atoms with E-state index < -0.39 is 23.3 Å². The third-order valence-corrected chi connectivity index (χ3v) is 4.10. The molecule has 1 fully saturated rings. The van der Waals surface area contributed by atoms with Crippen molar-refractivity contribution in [3.05, 3.63) is 69.1 Å². The first-order valence-electron chi connectivity index (χ1n) is 7.49. The standard InChI is InChI=1S/C17H12N2O5/c20-14-12(7-8-13(18-14)9-5-6-9)17(23)24-19-15(21)10-3-1-2-4-11(10)16(19)22/h1-4,7-9H,5-6H2,(H,18,20). The predicted molar refractivity (Wildman–Crippen MR) is 81.4 cm³/mol. The van der Waals surface area contributed by atoms with Gasteiger partial charge in [0.25, 0.3) is 17.4 Å². The Bertz CT molecular complexity index is 907. The summed E-state index contributed by atoms with van der Waals surface area (Å²) in [5.74, 6) is -2.17. The fourth-order valence-corrected chi connectivity index (χ4v) is 2.66. The van der Waals surface area contributed by atoms with E-state index in [4.69, 9.17) is 4.84 Å². The first-order chi connectivity index (χ1) is 11.6. The van der Waals surface area contributed by atoms with Gasteiger partial charge < -0.3 is 9.82 Å². The van der Waals surface area contributed by atoms with Crippen LogP contribution in [-0.2, 0) is 4.84 Å². The van der Waals surface area contributed by atoms with Gasteiger partial charge in [-0.3, -0.25) is 14.4 Å². The summed E-state index contributed by atoms with van der Waals surface area (Å²) in [6, 6.07) is 9.17. The Hall–Kier alpha value is -3.22. The SMILES string of the molecule is O=C(ON1C(=O)c2ccccc2C1=O)c1ccc(C2CC2)[nH]c1=O. The monoisotopic (exact) mass is 324 g/mol. The highest BCUT2D eigenvalue weighted by molar-refractivity contribution is 6.21. The van der Waals surface area contributed by atoms with Gasteiger partial charge in [-0.05, 0) is 43.0 Å². The number of hydrogen-bond donors (Lipinski definition) is 1. The number of amides is 2. The van der Waals surface area contributed by atoms with Gasteiger partial charge >= 0.3 is 5.97 Å². The summed E-state index contributed by atoms with van der Waals surface area (Å²) in [6.07, 6.45) is 2.02. The van der Waals surface area contributed by atoms with E-state index in [-0.39, 0.29) is 16.7 Å². The van der Waals surface area contributed by atoms with Gasteiger partial charge in [0.15, 0.2) is 0 Å². The maximum absolute atomic E-state index is 12.2. The highest BCUT2D eigenvalue weighted by Crippen LogP contribution is 2.38. The Kier molecular flexibility index (Phi) is 3.09. The molecule has 7 nitrogen and oxygen atoms in total. The molecule has 1 aromatic heterocycles. The van der Waals surface area contributed by atoms with Gasteiger partial charge in [0.05, 0.1) is 11.1 Å². The molecule has 1 saturated carbocycles. The molecule has 2 aliphatic rings. The minimum atomic E-state index is -1.05. The number of rotatable bonds is 3. The van der Waals surface area contributed by atoms with Gasteiger partial charge in [-0.15, -0.1) is 0 Å². The second-order valence-corrected chi connectivity index (χ2v) is 5.76. The molecule has 1 aromatic carbocycles. The molecule has 7 heteroatoms. The number of carbonyl (C=O) groups is 3. The van der Waals surface area contributed by atoms with Gasteiger partial charge in [-0.2, -0.15) is 0 Å². The highest BCUT2D eigenvalue weighted by atomic mass is 16.7. The fraction of sp³-hybridized carbons (Fsp3) is 0.176. The van der Waals surface area contributed by atoms with Crippen LogP contribution in [0.25, 0.3) is 0 Å². The van der Waals surface area contributed by atoms with Crippen LogP contribution in [0.15, 0.2) is 41.2 Å². The Morgan fingerprint density at radius 3 is 2.17 bits per heavy atom. The molecule has 0 bridgehead atoms. The van der Waals surface area contributed by atoms with Crippen molar-refractivity contribution >= 4 is 17.8 Å². The number of pyridine rings is 1.